The molecular formula is C31H39FN2O. The lowest BCUT2D eigenvalue weighted by Gasteiger charge is -2.48. The third-order valence-corrected chi connectivity index (χ3v) is 9.81. The van der Waals surface area contributed by atoms with Gasteiger partial charge < -0.3 is 10.2 Å². The minimum Gasteiger partial charge on any atom is -0.339 e. The van der Waals surface area contributed by atoms with Crippen LogP contribution in [0.3, 0.4) is 0 Å². The molecule has 1 amide bonds. The number of hydrogen-bond donors (Lipinski definition) is 1. The molecule has 3 fully saturated rings. The van der Waals surface area contributed by atoms with E-state index in [1.165, 1.54) is 37.7 Å². The van der Waals surface area contributed by atoms with Crippen LogP contribution in [0.5, 0.6) is 0 Å². The summed E-state index contributed by atoms with van der Waals surface area (Å²) in [4.78, 5) is 16.7. The summed E-state index contributed by atoms with van der Waals surface area (Å²) in [6, 6.07) is 16.7. The first-order chi connectivity index (χ1) is 17.2. The summed E-state index contributed by atoms with van der Waals surface area (Å²) in [6.45, 7) is 2.21. The Bertz CT molecular complexity index is 1050. The molecule has 2 aliphatic carbocycles. The molecule has 1 spiro atoms. The first-order valence-electron chi connectivity index (χ1n) is 14.0. The van der Waals surface area contributed by atoms with Gasteiger partial charge in [-0.05, 0) is 79.5 Å². The monoisotopic (exact) mass is 474 g/mol. The fourth-order valence-electron chi connectivity index (χ4n) is 8.13. The van der Waals surface area contributed by atoms with Gasteiger partial charge in [0.15, 0.2) is 0 Å². The van der Waals surface area contributed by atoms with Crippen molar-refractivity contribution < 1.29 is 9.18 Å². The van der Waals surface area contributed by atoms with Crippen LogP contribution in [0.15, 0.2) is 48.5 Å². The Morgan fingerprint density at radius 3 is 2.63 bits per heavy atom. The van der Waals surface area contributed by atoms with Gasteiger partial charge in [0, 0.05) is 31.1 Å². The molecule has 2 saturated heterocycles. The molecule has 2 heterocycles. The van der Waals surface area contributed by atoms with Gasteiger partial charge in [-0.25, -0.2) is 4.39 Å². The van der Waals surface area contributed by atoms with Crippen LogP contribution in [0, 0.1) is 17.7 Å². The summed E-state index contributed by atoms with van der Waals surface area (Å²) in [5.41, 5.74) is 2.97. The number of rotatable bonds is 3. The van der Waals surface area contributed by atoms with Crippen LogP contribution in [-0.4, -0.2) is 36.5 Å². The number of amides is 1. The van der Waals surface area contributed by atoms with E-state index in [2.05, 4.69) is 46.6 Å². The molecule has 186 valence electrons. The molecule has 2 aromatic rings. The largest absolute Gasteiger partial charge is 0.339 e. The van der Waals surface area contributed by atoms with Crippen LogP contribution in [0.4, 0.5) is 4.39 Å². The first-order valence-corrected chi connectivity index (χ1v) is 14.0. The van der Waals surface area contributed by atoms with Crippen molar-refractivity contribution in [3.63, 3.8) is 0 Å². The van der Waals surface area contributed by atoms with E-state index in [9.17, 15) is 4.79 Å². The van der Waals surface area contributed by atoms with Crippen LogP contribution in [0.2, 0.25) is 0 Å². The Kier molecular flexibility index (Phi) is 6.43. The van der Waals surface area contributed by atoms with Gasteiger partial charge in [0.05, 0.1) is 5.92 Å². The molecule has 6 rings (SSSR count). The normalized spacial score (nSPS) is 31.5. The molecule has 0 radical (unpaired) electrons. The molecule has 4 atom stereocenters. The molecule has 4 aliphatic rings. The van der Waals surface area contributed by atoms with Gasteiger partial charge in [-0.1, -0.05) is 61.7 Å². The number of likely N-dealkylation sites (tertiary alicyclic amines) is 1. The lowest BCUT2D eigenvalue weighted by molar-refractivity contribution is -0.143. The topological polar surface area (TPSA) is 32.3 Å². The number of piperidine rings is 1. The van der Waals surface area contributed by atoms with Gasteiger partial charge in [-0.15, -0.1) is 0 Å². The van der Waals surface area contributed by atoms with E-state index in [1.807, 2.05) is 6.07 Å². The number of benzene rings is 2. The van der Waals surface area contributed by atoms with Crippen molar-refractivity contribution in [2.45, 2.75) is 81.6 Å². The third-order valence-electron chi connectivity index (χ3n) is 9.81. The van der Waals surface area contributed by atoms with Gasteiger partial charge in [0.2, 0.25) is 5.91 Å². The van der Waals surface area contributed by atoms with Crippen LogP contribution in [0.25, 0.3) is 0 Å². The average molecular weight is 475 g/mol. The lowest BCUT2D eigenvalue weighted by atomic mass is 9.63. The Morgan fingerprint density at radius 2 is 1.80 bits per heavy atom. The smallest absolute Gasteiger partial charge is 0.228 e. The van der Waals surface area contributed by atoms with Crippen molar-refractivity contribution in [1.29, 1.82) is 0 Å². The fourth-order valence-corrected chi connectivity index (χ4v) is 8.13. The summed E-state index contributed by atoms with van der Waals surface area (Å²) < 4.78 is 15.3. The highest BCUT2D eigenvalue weighted by molar-refractivity contribution is 5.82. The van der Waals surface area contributed by atoms with Gasteiger partial charge in [-0.3, -0.25) is 4.79 Å². The van der Waals surface area contributed by atoms with Crippen LogP contribution in [0.1, 0.15) is 80.4 Å². The van der Waals surface area contributed by atoms with Crippen molar-refractivity contribution in [1.82, 2.24) is 10.2 Å². The van der Waals surface area contributed by atoms with Crippen LogP contribution < -0.4 is 5.32 Å². The summed E-state index contributed by atoms with van der Waals surface area (Å²) in [5, 5.41) is 3.54. The minimum absolute atomic E-state index is 0.115. The highest BCUT2D eigenvalue weighted by Crippen LogP contribution is 2.48. The third kappa shape index (κ3) is 4.12. The second-order valence-electron chi connectivity index (χ2n) is 11.6. The van der Waals surface area contributed by atoms with Crippen LogP contribution in [-0.2, 0) is 16.6 Å². The number of hydrogen-bond acceptors (Lipinski definition) is 2. The van der Waals surface area contributed by atoms with Crippen molar-refractivity contribution >= 4 is 5.91 Å². The van der Waals surface area contributed by atoms with Crippen molar-refractivity contribution in [3.05, 3.63) is 71.0 Å². The highest BCUT2D eigenvalue weighted by Gasteiger charge is 2.53. The maximum absolute atomic E-state index is 15.3. The Morgan fingerprint density at radius 1 is 0.971 bits per heavy atom. The van der Waals surface area contributed by atoms with Crippen molar-refractivity contribution in [2.75, 3.05) is 19.6 Å². The predicted molar refractivity (Wildman–Crippen MR) is 138 cm³/mol. The molecule has 0 bridgehead atoms. The van der Waals surface area contributed by atoms with E-state index in [4.69, 9.17) is 0 Å². The SMILES string of the molecule is O=C(C1CNC[C@]12CCCc1cccc(F)c12)N1CC[C@@H](c2ccccc2)C[C@H]1C1CCCCC1. The summed E-state index contributed by atoms with van der Waals surface area (Å²) in [5.74, 6) is 1.12. The van der Waals surface area contributed by atoms with Gasteiger partial charge >= 0.3 is 0 Å². The molecule has 1 saturated carbocycles. The molecule has 1 N–H and O–H groups in total. The lowest BCUT2D eigenvalue weighted by Crippen LogP contribution is -2.55. The zero-order chi connectivity index (χ0) is 23.8. The molecule has 2 aliphatic heterocycles. The molecule has 2 aromatic carbocycles. The summed E-state index contributed by atoms with van der Waals surface area (Å²) in [6.07, 6.45) is 11.3. The van der Waals surface area contributed by atoms with Crippen molar-refractivity contribution in [2.24, 2.45) is 11.8 Å². The molecule has 0 aromatic heterocycles. The Hall–Kier alpha value is -2.20. The maximum atomic E-state index is 15.3. The second kappa shape index (κ2) is 9.69. The second-order valence-corrected chi connectivity index (χ2v) is 11.6. The number of halogens is 1. The van der Waals surface area contributed by atoms with E-state index in [-0.39, 0.29) is 17.6 Å². The number of nitrogens with zero attached hydrogens (tertiary/aromatic N) is 1. The van der Waals surface area contributed by atoms with E-state index < -0.39 is 5.41 Å². The molecular weight excluding hydrogens is 435 g/mol. The van der Waals surface area contributed by atoms with Crippen molar-refractivity contribution in [3.8, 4) is 0 Å². The van der Waals surface area contributed by atoms with E-state index >= 15 is 4.39 Å². The molecule has 35 heavy (non-hydrogen) atoms. The average Bonchev–Trinajstić information content (AvgIpc) is 3.32. The van der Waals surface area contributed by atoms with Gasteiger partial charge in [0.25, 0.3) is 0 Å². The Labute approximate surface area is 209 Å². The standard InChI is InChI=1S/C31H39FN2O/c32-27-15-7-13-24-14-8-17-31(29(24)27)21-33-20-26(31)30(35)34-18-16-25(22-9-3-1-4-10-22)19-28(34)23-11-5-2-6-12-23/h1,3-4,7,9-10,13,15,23,25-26,28,33H,2,5-6,8,11-12,14,16-21H2/t25-,26?,28+,31-/m1/s1. The molecule has 1 unspecified atom stereocenters. The quantitative estimate of drug-likeness (QED) is 0.594. The fraction of sp³-hybridized carbons (Fsp3) is 0.581. The zero-order valence-electron chi connectivity index (χ0n) is 20.9. The van der Waals surface area contributed by atoms with Gasteiger partial charge in [-0.2, -0.15) is 0 Å². The number of fused-ring (bicyclic) bond motifs is 2. The number of carbonyl (C=O) groups excluding carboxylic acids is 1. The van der Waals surface area contributed by atoms with Crippen LogP contribution >= 0.6 is 0 Å². The number of aryl methyl sites for hydroxylation is 1. The molecule has 4 heteroatoms. The number of nitrogens with one attached hydrogen (secondary N) is 1. The summed E-state index contributed by atoms with van der Waals surface area (Å²) >= 11 is 0. The van der Waals surface area contributed by atoms with E-state index in [1.54, 1.807) is 6.07 Å². The zero-order valence-corrected chi connectivity index (χ0v) is 20.9. The van der Waals surface area contributed by atoms with E-state index in [0.29, 0.717) is 31.0 Å². The number of carbonyl (C=O) groups is 1. The first kappa shape index (κ1) is 23.2. The molecule has 3 nitrogen and oxygen atoms in total. The maximum Gasteiger partial charge on any atom is 0.228 e. The predicted octanol–water partition coefficient (Wildman–Crippen LogP) is 5.97. The highest BCUT2D eigenvalue weighted by atomic mass is 19.1. The summed E-state index contributed by atoms with van der Waals surface area (Å²) in [7, 11) is 0. The minimum atomic E-state index is -0.399. The Balaban J connectivity index is 1.32. The van der Waals surface area contributed by atoms with Gasteiger partial charge in [0.1, 0.15) is 5.82 Å². The van der Waals surface area contributed by atoms with E-state index in [0.717, 1.165) is 49.8 Å².